The maximum atomic E-state index is 9.49. The summed E-state index contributed by atoms with van der Waals surface area (Å²) in [5.74, 6) is 1.64. The minimum Gasteiger partial charge on any atom is -0.493 e. The molecule has 0 saturated heterocycles. The summed E-state index contributed by atoms with van der Waals surface area (Å²) in [4.78, 5) is 3.20. The molecule has 2 N–H and O–H groups in total. The second-order valence-electron chi connectivity index (χ2n) is 5.64. The van der Waals surface area contributed by atoms with Crippen LogP contribution in [0.1, 0.15) is 30.3 Å². The molecule has 0 unspecified atom stereocenters. The fourth-order valence-electron chi connectivity index (χ4n) is 2.99. The van der Waals surface area contributed by atoms with Gasteiger partial charge < -0.3 is 24.5 Å². The number of aromatic nitrogens is 1. The highest BCUT2D eigenvalue weighted by Crippen LogP contribution is 2.46. The number of H-pyrrole nitrogens is 1. The summed E-state index contributed by atoms with van der Waals surface area (Å²) < 4.78 is 16.5. The molecule has 0 radical (unpaired) electrons. The van der Waals surface area contributed by atoms with Gasteiger partial charge in [-0.3, -0.25) is 0 Å². The lowest BCUT2D eigenvalue weighted by molar-refractivity contribution is 0.325. The molecule has 0 aliphatic carbocycles. The molecule has 2 aromatic rings. The lowest BCUT2D eigenvalue weighted by atomic mass is 9.98. The lowest BCUT2D eigenvalue weighted by Crippen LogP contribution is -2.14. The van der Waals surface area contributed by atoms with Gasteiger partial charge in [0.2, 0.25) is 5.75 Å². The van der Waals surface area contributed by atoms with Gasteiger partial charge in [0.1, 0.15) is 11.8 Å². The van der Waals surface area contributed by atoms with Gasteiger partial charge in [-0.2, -0.15) is 5.26 Å². The van der Waals surface area contributed by atoms with Gasteiger partial charge in [-0.05, 0) is 25.1 Å². The summed E-state index contributed by atoms with van der Waals surface area (Å²) in [6.07, 6.45) is 2.71. The zero-order chi connectivity index (χ0) is 19.1. The van der Waals surface area contributed by atoms with E-state index < -0.39 is 0 Å². The Morgan fingerprint density at radius 2 is 1.92 bits per heavy atom. The highest BCUT2D eigenvalue weighted by Gasteiger charge is 2.23. The standard InChI is InChI=1S/C20H25N3O3/c1-6-10-22-12-16-18(13(7-2)15(11-21)23-16)14-8-9-17(24-3)20(26-5)19(14)25-4/h7-9,22-23H,2,6,10,12H2,1,3-5H3. The van der Waals surface area contributed by atoms with Crippen LogP contribution in [0.4, 0.5) is 0 Å². The molecule has 0 aliphatic rings. The van der Waals surface area contributed by atoms with E-state index in [0.29, 0.717) is 29.5 Å². The number of nitrogens with one attached hydrogen (secondary N) is 2. The van der Waals surface area contributed by atoms with Crippen LogP contribution < -0.4 is 19.5 Å². The Hall–Kier alpha value is -2.91. The zero-order valence-electron chi connectivity index (χ0n) is 15.7. The normalized spacial score (nSPS) is 10.3. The van der Waals surface area contributed by atoms with E-state index in [4.69, 9.17) is 14.2 Å². The Kier molecular flexibility index (Phi) is 6.70. The number of methoxy groups -OCH3 is 3. The van der Waals surface area contributed by atoms with E-state index in [2.05, 4.69) is 29.9 Å². The van der Waals surface area contributed by atoms with Crippen LogP contribution in [0.3, 0.4) is 0 Å². The number of hydrogen-bond donors (Lipinski definition) is 2. The van der Waals surface area contributed by atoms with Gasteiger partial charge in [-0.15, -0.1) is 0 Å². The number of aromatic amines is 1. The Labute approximate surface area is 154 Å². The number of rotatable bonds is 9. The maximum absolute atomic E-state index is 9.49. The zero-order valence-corrected chi connectivity index (χ0v) is 15.7. The molecule has 0 aliphatic heterocycles. The number of hydrogen-bond acceptors (Lipinski definition) is 5. The number of ether oxygens (including phenoxy) is 3. The van der Waals surface area contributed by atoms with E-state index >= 15 is 0 Å². The van der Waals surface area contributed by atoms with Crippen molar-refractivity contribution in [3.63, 3.8) is 0 Å². The lowest BCUT2D eigenvalue weighted by Gasteiger charge is -2.17. The van der Waals surface area contributed by atoms with Crippen molar-refractivity contribution >= 4 is 6.08 Å². The summed E-state index contributed by atoms with van der Waals surface area (Å²) in [6, 6.07) is 5.93. The van der Waals surface area contributed by atoms with Gasteiger partial charge in [0.25, 0.3) is 0 Å². The second-order valence-corrected chi connectivity index (χ2v) is 5.64. The highest BCUT2D eigenvalue weighted by molar-refractivity contribution is 5.86. The molecule has 0 spiro atoms. The molecular weight excluding hydrogens is 330 g/mol. The monoisotopic (exact) mass is 355 g/mol. The average Bonchev–Trinajstić information content (AvgIpc) is 3.04. The molecule has 0 fully saturated rings. The van der Waals surface area contributed by atoms with Crippen molar-refractivity contribution in [1.82, 2.24) is 10.3 Å². The molecule has 1 heterocycles. The van der Waals surface area contributed by atoms with Gasteiger partial charge in [-0.1, -0.05) is 19.6 Å². The highest BCUT2D eigenvalue weighted by atomic mass is 16.5. The number of nitriles is 1. The van der Waals surface area contributed by atoms with Crippen molar-refractivity contribution in [3.8, 4) is 34.4 Å². The van der Waals surface area contributed by atoms with Gasteiger partial charge >= 0.3 is 0 Å². The largest absolute Gasteiger partial charge is 0.493 e. The first kappa shape index (κ1) is 19.4. The Bertz CT molecular complexity index is 819. The Morgan fingerprint density at radius 3 is 2.46 bits per heavy atom. The van der Waals surface area contributed by atoms with E-state index in [9.17, 15) is 5.26 Å². The molecule has 1 aromatic carbocycles. The molecule has 26 heavy (non-hydrogen) atoms. The molecule has 0 amide bonds. The van der Waals surface area contributed by atoms with Crippen molar-refractivity contribution in [3.05, 3.63) is 35.7 Å². The molecule has 0 saturated carbocycles. The van der Waals surface area contributed by atoms with Crippen molar-refractivity contribution in [2.45, 2.75) is 19.9 Å². The van der Waals surface area contributed by atoms with Crippen LogP contribution in [0.25, 0.3) is 17.2 Å². The summed E-state index contributed by atoms with van der Waals surface area (Å²) in [5.41, 5.74) is 3.80. The van der Waals surface area contributed by atoms with Crippen LogP contribution in [-0.2, 0) is 6.54 Å². The number of nitrogens with zero attached hydrogens (tertiary/aromatic N) is 1. The quantitative estimate of drug-likeness (QED) is 0.670. The van der Waals surface area contributed by atoms with Gasteiger partial charge in [0, 0.05) is 28.9 Å². The third kappa shape index (κ3) is 3.53. The topological polar surface area (TPSA) is 79.3 Å². The van der Waals surface area contributed by atoms with Crippen LogP contribution in [0.15, 0.2) is 18.7 Å². The average molecular weight is 355 g/mol. The summed E-state index contributed by atoms with van der Waals surface area (Å²) >= 11 is 0. The third-order valence-corrected chi connectivity index (χ3v) is 4.13. The van der Waals surface area contributed by atoms with Crippen molar-refractivity contribution < 1.29 is 14.2 Å². The van der Waals surface area contributed by atoms with Crippen molar-refractivity contribution in [1.29, 1.82) is 5.26 Å². The molecule has 0 bridgehead atoms. The van der Waals surface area contributed by atoms with Gasteiger partial charge in [-0.25, -0.2) is 0 Å². The number of benzene rings is 1. The van der Waals surface area contributed by atoms with Crippen LogP contribution >= 0.6 is 0 Å². The van der Waals surface area contributed by atoms with E-state index in [-0.39, 0.29) is 0 Å². The van der Waals surface area contributed by atoms with E-state index in [1.54, 1.807) is 27.4 Å². The smallest absolute Gasteiger partial charge is 0.203 e. The minimum atomic E-state index is 0.472. The molecule has 6 nitrogen and oxygen atoms in total. The summed E-state index contributed by atoms with van der Waals surface area (Å²) in [7, 11) is 4.73. The predicted octanol–water partition coefficient (Wildman–Crippen LogP) is 3.72. The van der Waals surface area contributed by atoms with Crippen molar-refractivity contribution in [2.24, 2.45) is 0 Å². The fraction of sp³-hybridized carbons (Fsp3) is 0.350. The third-order valence-electron chi connectivity index (χ3n) is 4.13. The first-order valence-electron chi connectivity index (χ1n) is 8.44. The minimum absolute atomic E-state index is 0.472. The predicted molar refractivity (Wildman–Crippen MR) is 103 cm³/mol. The molecule has 0 atom stereocenters. The molecule has 1 aromatic heterocycles. The molecule has 138 valence electrons. The Morgan fingerprint density at radius 1 is 1.19 bits per heavy atom. The molecule has 2 rings (SSSR count). The summed E-state index contributed by atoms with van der Waals surface area (Å²) in [6.45, 7) is 7.47. The van der Waals surface area contributed by atoms with Crippen LogP contribution in [-0.4, -0.2) is 32.9 Å². The summed E-state index contributed by atoms with van der Waals surface area (Å²) in [5, 5.41) is 12.9. The van der Waals surface area contributed by atoms with Crippen LogP contribution in [0.5, 0.6) is 17.2 Å². The Balaban J connectivity index is 2.72. The van der Waals surface area contributed by atoms with E-state index in [0.717, 1.165) is 35.3 Å². The van der Waals surface area contributed by atoms with Gasteiger partial charge in [0.05, 0.1) is 21.3 Å². The van der Waals surface area contributed by atoms with E-state index in [1.807, 2.05) is 12.1 Å². The molecular formula is C20H25N3O3. The fourth-order valence-corrected chi connectivity index (χ4v) is 2.99. The van der Waals surface area contributed by atoms with E-state index in [1.165, 1.54) is 0 Å². The first-order chi connectivity index (χ1) is 12.7. The second kappa shape index (κ2) is 8.97. The maximum Gasteiger partial charge on any atom is 0.203 e. The molecule has 6 heteroatoms. The van der Waals surface area contributed by atoms with Crippen LogP contribution in [0, 0.1) is 11.3 Å². The van der Waals surface area contributed by atoms with Gasteiger partial charge in [0.15, 0.2) is 11.5 Å². The SMILES string of the molecule is C=Cc1c(C#N)[nH]c(CNCCC)c1-c1ccc(OC)c(OC)c1OC. The van der Waals surface area contributed by atoms with Crippen LogP contribution in [0.2, 0.25) is 0 Å². The van der Waals surface area contributed by atoms with Crippen molar-refractivity contribution in [2.75, 3.05) is 27.9 Å². The first-order valence-corrected chi connectivity index (χ1v) is 8.44.